The molecular weight excluding hydrogens is 380 g/mol. The van der Waals surface area contributed by atoms with Gasteiger partial charge in [0, 0.05) is 23.2 Å². The fourth-order valence-electron chi connectivity index (χ4n) is 3.40. The Morgan fingerprint density at radius 2 is 1.83 bits per heavy atom. The maximum absolute atomic E-state index is 12.5. The molecule has 4 rings (SSSR count). The molecule has 6 nitrogen and oxygen atoms in total. The first-order valence-electron chi connectivity index (χ1n) is 9.67. The minimum absolute atomic E-state index is 0.0298. The van der Waals surface area contributed by atoms with Gasteiger partial charge in [0.2, 0.25) is 5.91 Å². The van der Waals surface area contributed by atoms with E-state index in [2.05, 4.69) is 10.3 Å². The van der Waals surface area contributed by atoms with E-state index in [-0.39, 0.29) is 18.3 Å². The van der Waals surface area contributed by atoms with Crippen LogP contribution in [0.15, 0.2) is 60.7 Å². The number of hydrogen-bond donors (Lipinski definition) is 1. The third kappa shape index (κ3) is 4.12. The second-order valence-corrected chi connectivity index (χ2v) is 7.11. The molecule has 0 saturated carbocycles. The molecule has 0 saturated heterocycles. The van der Waals surface area contributed by atoms with Crippen molar-refractivity contribution >= 4 is 23.3 Å². The number of pyridine rings is 1. The lowest BCUT2D eigenvalue weighted by Gasteiger charge is -2.17. The largest absolute Gasteiger partial charge is 0.454 e. The average Bonchev–Trinajstić information content (AvgIpc) is 2.77. The van der Waals surface area contributed by atoms with E-state index in [9.17, 15) is 14.4 Å². The SMILES string of the molecule is Cc1nc(-c2ccccc2)ccc1C(=O)OCC(=O)c1ccc2c(c1)CCC(=O)N2. The van der Waals surface area contributed by atoms with Gasteiger partial charge in [0.15, 0.2) is 12.4 Å². The minimum atomic E-state index is -0.585. The quantitative estimate of drug-likeness (QED) is 0.517. The number of esters is 1. The van der Waals surface area contributed by atoms with Gasteiger partial charge in [0.1, 0.15) is 0 Å². The predicted octanol–water partition coefficient (Wildman–Crippen LogP) is 3.98. The highest BCUT2D eigenvalue weighted by atomic mass is 16.5. The van der Waals surface area contributed by atoms with E-state index in [1.807, 2.05) is 30.3 Å². The molecule has 0 atom stereocenters. The predicted molar refractivity (Wildman–Crippen MR) is 112 cm³/mol. The highest BCUT2D eigenvalue weighted by Crippen LogP contribution is 2.24. The number of nitrogens with zero attached hydrogens (tertiary/aromatic N) is 1. The molecule has 0 radical (unpaired) electrons. The number of aryl methyl sites for hydroxylation is 2. The van der Waals surface area contributed by atoms with Crippen molar-refractivity contribution in [2.45, 2.75) is 19.8 Å². The van der Waals surface area contributed by atoms with Crippen LogP contribution in [0.2, 0.25) is 0 Å². The first-order chi connectivity index (χ1) is 14.5. The van der Waals surface area contributed by atoms with Crippen molar-refractivity contribution in [2.75, 3.05) is 11.9 Å². The number of aromatic nitrogens is 1. The van der Waals surface area contributed by atoms with Gasteiger partial charge < -0.3 is 10.1 Å². The Labute approximate surface area is 173 Å². The van der Waals surface area contributed by atoms with Crippen LogP contribution in [0.3, 0.4) is 0 Å². The van der Waals surface area contributed by atoms with E-state index in [1.165, 1.54) is 0 Å². The number of rotatable bonds is 5. The Morgan fingerprint density at radius 3 is 2.60 bits per heavy atom. The van der Waals surface area contributed by atoms with Crippen LogP contribution >= 0.6 is 0 Å². The molecule has 0 bridgehead atoms. The van der Waals surface area contributed by atoms with Crippen LogP contribution in [0.25, 0.3) is 11.3 Å². The van der Waals surface area contributed by atoms with E-state index in [1.54, 1.807) is 37.3 Å². The first-order valence-corrected chi connectivity index (χ1v) is 9.67. The Morgan fingerprint density at radius 1 is 1.03 bits per heavy atom. The molecular formula is C24H20N2O4. The zero-order valence-corrected chi connectivity index (χ0v) is 16.5. The highest BCUT2D eigenvalue weighted by Gasteiger charge is 2.19. The minimum Gasteiger partial charge on any atom is -0.454 e. The van der Waals surface area contributed by atoms with Crippen LogP contribution in [0.4, 0.5) is 5.69 Å². The van der Waals surface area contributed by atoms with Gasteiger partial charge in [-0.25, -0.2) is 4.79 Å². The van der Waals surface area contributed by atoms with Crippen molar-refractivity contribution in [1.29, 1.82) is 0 Å². The van der Waals surface area contributed by atoms with Gasteiger partial charge in [-0.1, -0.05) is 30.3 Å². The molecule has 1 N–H and O–H groups in total. The summed E-state index contributed by atoms with van der Waals surface area (Å²) in [4.78, 5) is 40.9. The second-order valence-electron chi connectivity index (χ2n) is 7.11. The van der Waals surface area contributed by atoms with E-state index in [4.69, 9.17) is 4.74 Å². The average molecular weight is 400 g/mol. The number of benzene rings is 2. The lowest BCUT2D eigenvalue weighted by molar-refractivity contribution is -0.116. The standard InChI is InChI=1S/C24H20N2O4/c1-15-19(9-11-20(25-15)16-5-3-2-4-6-16)24(29)30-14-22(27)18-7-10-21-17(13-18)8-12-23(28)26-21/h2-7,9-11,13H,8,12,14H2,1H3,(H,26,28). The summed E-state index contributed by atoms with van der Waals surface area (Å²) in [5.74, 6) is -0.912. The summed E-state index contributed by atoms with van der Waals surface area (Å²) >= 11 is 0. The van der Waals surface area contributed by atoms with E-state index >= 15 is 0 Å². The molecule has 150 valence electrons. The third-order valence-corrected chi connectivity index (χ3v) is 5.03. The Hall–Kier alpha value is -3.80. The number of carbonyl (C=O) groups is 3. The van der Waals surface area contributed by atoms with Crippen molar-refractivity contribution in [1.82, 2.24) is 4.98 Å². The fourth-order valence-corrected chi connectivity index (χ4v) is 3.40. The molecule has 1 aliphatic heterocycles. The van der Waals surface area contributed by atoms with Crippen LogP contribution in [0.5, 0.6) is 0 Å². The van der Waals surface area contributed by atoms with Crippen molar-refractivity contribution in [3.05, 3.63) is 83.0 Å². The van der Waals surface area contributed by atoms with Crippen LogP contribution in [-0.2, 0) is 16.0 Å². The third-order valence-electron chi connectivity index (χ3n) is 5.03. The zero-order chi connectivity index (χ0) is 21.1. The summed E-state index contributed by atoms with van der Waals surface area (Å²) in [7, 11) is 0. The first kappa shape index (κ1) is 19.5. The number of nitrogens with one attached hydrogen (secondary N) is 1. The maximum atomic E-state index is 12.5. The molecule has 1 aromatic heterocycles. The number of fused-ring (bicyclic) bond motifs is 1. The fraction of sp³-hybridized carbons (Fsp3) is 0.167. The summed E-state index contributed by atoms with van der Waals surface area (Å²) in [5.41, 5.74) is 4.67. The summed E-state index contributed by atoms with van der Waals surface area (Å²) in [6.07, 6.45) is 0.978. The number of anilines is 1. The normalized spacial score (nSPS) is 12.6. The molecule has 0 unspecified atom stereocenters. The summed E-state index contributed by atoms with van der Waals surface area (Å²) < 4.78 is 5.23. The van der Waals surface area contributed by atoms with Gasteiger partial charge in [-0.05, 0) is 49.2 Å². The van der Waals surface area contributed by atoms with Crippen LogP contribution in [0, 0.1) is 6.92 Å². The van der Waals surface area contributed by atoms with E-state index in [0.717, 1.165) is 22.5 Å². The Balaban J connectivity index is 1.42. The monoisotopic (exact) mass is 400 g/mol. The number of amides is 1. The molecule has 1 amide bonds. The molecule has 0 fully saturated rings. The van der Waals surface area contributed by atoms with Crippen LogP contribution < -0.4 is 5.32 Å². The van der Waals surface area contributed by atoms with Crippen LogP contribution in [0.1, 0.15) is 38.4 Å². The van der Waals surface area contributed by atoms with Gasteiger partial charge in [-0.3, -0.25) is 14.6 Å². The van der Waals surface area contributed by atoms with Gasteiger partial charge in [0.25, 0.3) is 0 Å². The van der Waals surface area contributed by atoms with Crippen molar-refractivity contribution in [3.8, 4) is 11.3 Å². The van der Waals surface area contributed by atoms with Crippen molar-refractivity contribution in [2.24, 2.45) is 0 Å². The van der Waals surface area contributed by atoms with E-state index < -0.39 is 5.97 Å². The smallest absolute Gasteiger partial charge is 0.340 e. The molecule has 2 heterocycles. The number of hydrogen-bond acceptors (Lipinski definition) is 5. The number of ether oxygens (including phenoxy) is 1. The molecule has 0 spiro atoms. The number of ketones is 1. The van der Waals surface area contributed by atoms with Gasteiger partial charge in [-0.15, -0.1) is 0 Å². The molecule has 3 aromatic rings. The van der Waals surface area contributed by atoms with Gasteiger partial charge in [-0.2, -0.15) is 0 Å². The zero-order valence-electron chi connectivity index (χ0n) is 16.5. The van der Waals surface area contributed by atoms with Crippen molar-refractivity contribution < 1.29 is 19.1 Å². The van der Waals surface area contributed by atoms with Crippen molar-refractivity contribution in [3.63, 3.8) is 0 Å². The molecule has 1 aliphatic rings. The topological polar surface area (TPSA) is 85.4 Å². The summed E-state index contributed by atoms with van der Waals surface area (Å²) in [6.45, 7) is 1.38. The van der Waals surface area contributed by atoms with E-state index in [0.29, 0.717) is 29.7 Å². The second kappa shape index (κ2) is 8.29. The highest BCUT2D eigenvalue weighted by molar-refractivity contribution is 6.01. The molecule has 2 aromatic carbocycles. The number of carbonyl (C=O) groups excluding carboxylic acids is 3. The van der Waals surface area contributed by atoms with Gasteiger partial charge >= 0.3 is 5.97 Å². The molecule has 6 heteroatoms. The summed E-state index contributed by atoms with van der Waals surface area (Å²) in [5, 5.41) is 2.78. The number of Topliss-reactive ketones (excluding diaryl/α,β-unsaturated/α-hetero) is 1. The lowest BCUT2D eigenvalue weighted by Crippen LogP contribution is -2.20. The molecule has 0 aliphatic carbocycles. The Kier molecular flexibility index (Phi) is 5.39. The van der Waals surface area contributed by atoms with Gasteiger partial charge in [0.05, 0.1) is 17.0 Å². The lowest BCUT2D eigenvalue weighted by atomic mass is 9.99. The van der Waals surface area contributed by atoms with Crippen LogP contribution in [-0.4, -0.2) is 29.3 Å². The Bertz CT molecular complexity index is 1140. The maximum Gasteiger partial charge on any atom is 0.340 e. The molecule has 30 heavy (non-hydrogen) atoms. The summed E-state index contributed by atoms with van der Waals surface area (Å²) in [6, 6.07) is 18.2.